The summed E-state index contributed by atoms with van der Waals surface area (Å²) < 4.78 is 11.0. The fraction of sp³-hybridized carbons (Fsp3) is 0.238. The van der Waals surface area contributed by atoms with Crippen molar-refractivity contribution in [3.8, 4) is 28.5 Å². The first-order valence-electron chi connectivity index (χ1n) is 8.65. The first-order chi connectivity index (χ1) is 12.9. The summed E-state index contributed by atoms with van der Waals surface area (Å²) >= 11 is 0. The molecule has 6 nitrogen and oxygen atoms in total. The van der Waals surface area contributed by atoms with E-state index in [1.807, 2.05) is 39.0 Å². The van der Waals surface area contributed by atoms with Crippen molar-refractivity contribution >= 4 is 21.8 Å². The molecule has 0 saturated heterocycles. The molecule has 0 saturated carbocycles. The second kappa shape index (κ2) is 6.16. The number of aromatic nitrogens is 3. The predicted molar refractivity (Wildman–Crippen MR) is 106 cm³/mol. The molecular formula is C21H21N3O3. The topological polar surface area (TPSA) is 80.3 Å². The molecule has 2 heterocycles. The molecule has 0 amide bonds. The molecule has 4 aromatic rings. The number of benzene rings is 2. The molecule has 2 aromatic carbocycles. The van der Waals surface area contributed by atoms with Crippen LogP contribution in [0, 0.1) is 20.8 Å². The van der Waals surface area contributed by atoms with Gasteiger partial charge in [-0.05, 0) is 56.2 Å². The summed E-state index contributed by atoms with van der Waals surface area (Å²) in [4.78, 5) is 4.84. The first-order valence-corrected chi connectivity index (χ1v) is 8.65. The summed E-state index contributed by atoms with van der Waals surface area (Å²) in [6.07, 6.45) is 0. The van der Waals surface area contributed by atoms with Crippen LogP contribution in [0.2, 0.25) is 0 Å². The maximum Gasteiger partial charge on any atom is 0.182 e. The van der Waals surface area contributed by atoms with E-state index in [1.165, 1.54) is 0 Å². The van der Waals surface area contributed by atoms with Gasteiger partial charge in [0.25, 0.3) is 0 Å². The van der Waals surface area contributed by atoms with Crippen molar-refractivity contribution in [1.29, 1.82) is 0 Å². The van der Waals surface area contributed by atoms with Crippen molar-refractivity contribution in [2.45, 2.75) is 20.8 Å². The van der Waals surface area contributed by atoms with Crippen LogP contribution < -0.4 is 9.47 Å². The highest BCUT2D eigenvalue weighted by Crippen LogP contribution is 2.41. The van der Waals surface area contributed by atoms with Gasteiger partial charge in [0.05, 0.1) is 19.9 Å². The summed E-state index contributed by atoms with van der Waals surface area (Å²) in [6, 6.07) is 7.63. The zero-order valence-corrected chi connectivity index (χ0v) is 16.0. The van der Waals surface area contributed by atoms with Crippen LogP contribution in [0.4, 0.5) is 0 Å². The quantitative estimate of drug-likeness (QED) is 0.563. The molecule has 0 spiro atoms. The molecule has 0 aliphatic rings. The van der Waals surface area contributed by atoms with Crippen LogP contribution >= 0.6 is 0 Å². The Morgan fingerprint density at radius 2 is 1.56 bits per heavy atom. The van der Waals surface area contributed by atoms with Crippen LogP contribution in [-0.4, -0.2) is 34.5 Å². The fourth-order valence-electron chi connectivity index (χ4n) is 3.53. The molecule has 0 radical (unpaired) electrons. The third-order valence-electron chi connectivity index (χ3n) is 4.99. The van der Waals surface area contributed by atoms with E-state index in [2.05, 4.69) is 10.2 Å². The zero-order valence-electron chi connectivity index (χ0n) is 16.0. The maximum atomic E-state index is 10.0. The van der Waals surface area contributed by atoms with Crippen molar-refractivity contribution in [2.75, 3.05) is 14.2 Å². The SMILES string of the molecule is COc1cc2c(-c3cc(C)c(O)cc3C)nc3n[nH]c(C)c3c2cc1OC. The molecule has 2 aromatic heterocycles. The molecule has 0 aliphatic heterocycles. The number of H-pyrrole nitrogens is 1. The molecule has 6 heteroatoms. The number of nitrogens with one attached hydrogen (secondary N) is 1. The Morgan fingerprint density at radius 1 is 0.889 bits per heavy atom. The minimum atomic E-state index is 0.275. The van der Waals surface area contributed by atoms with Crippen molar-refractivity contribution in [1.82, 2.24) is 15.2 Å². The Bertz CT molecular complexity index is 1190. The number of ether oxygens (including phenoxy) is 2. The third kappa shape index (κ3) is 2.56. The lowest BCUT2D eigenvalue weighted by molar-refractivity contribution is 0.356. The van der Waals surface area contributed by atoms with Crippen molar-refractivity contribution < 1.29 is 14.6 Å². The number of nitrogens with zero attached hydrogens (tertiary/aromatic N) is 2. The van der Waals surface area contributed by atoms with E-state index >= 15 is 0 Å². The van der Waals surface area contributed by atoms with E-state index in [0.29, 0.717) is 17.1 Å². The summed E-state index contributed by atoms with van der Waals surface area (Å²) in [7, 11) is 3.24. The van der Waals surface area contributed by atoms with Gasteiger partial charge in [0, 0.05) is 27.4 Å². The van der Waals surface area contributed by atoms with E-state index in [1.54, 1.807) is 20.3 Å². The third-order valence-corrected chi connectivity index (χ3v) is 4.99. The molecule has 0 bridgehead atoms. The van der Waals surface area contributed by atoms with Gasteiger partial charge >= 0.3 is 0 Å². The van der Waals surface area contributed by atoms with Crippen LogP contribution in [0.5, 0.6) is 17.2 Å². The molecular weight excluding hydrogens is 342 g/mol. The number of aryl methyl sites for hydroxylation is 3. The minimum Gasteiger partial charge on any atom is -0.508 e. The minimum absolute atomic E-state index is 0.275. The van der Waals surface area contributed by atoms with Gasteiger partial charge in [-0.2, -0.15) is 5.10 Å². The zero-order chi connectivity index (χ0) is 19.3. The monoisotopic (exact) mass is 363 g/mol. The molecule has 0 aliphatic carbocycles. The summed E-state index contributed by atoms with van der Waals surface area (Å²) in [5.74, 6) is 1.57. The smallest absolute Gasteiger partial charge is 0.182 e. The molecule has 0 unspecified atom stereocenters. The molecule has 27 heavy (non-hydrogen) atoms. The van der Waals surface area contributed by atoms with Gasteiger partial charge in [-0.25, -0.2) is 4.98 Å². The van der Waals surface area contributed by atoms with E-state index in [9.17, 15) is 5.11 Å². The van der Waals surface area contributed by atoms with Gasteiger partial charge in [0.2, 0.25) is 0 Å². The average Bonchev–Trinajstić information content (AvgIpc) is 3.03. The first kappa shape index (κ1) is 17.1. The van der Waals surface area contributed by atoms with Crippen LogP contribution in [0.25, 0.3) is 33.1 Å². The highest BCUT2D eigenvalue weighted by atomic mass is 16.5. The van der Waals surface area contributed by atoms with Crippen LogP contribution in [0.1, 0.15) is 16.8 Å². The highest BCUT2D eigenvalue weighted by Gasteiger charge is 2.19. The Balaban J connectivity index is 2.18. The molecule has 2 N–H and O–H groups in total. The highest BCUT2D eigenvalue weighted by molar-refractivity contribution is 6.12. The Kier molecular flexibility index (Phi) is 3.91. The Hall–Kier alpha value is -3.28. The number of aromatic hydroxyl groups is 1. The van der Waals surface area contributed by atoms with Gasteiger partial charge in [0.1, 0.15) is 5.75 Å². The van der Waals surface area contributed by atoms with E-state index in [0.717, 1.165) is 44.2 Å². The van der Waals surface area contributed by atoms with Gasteiger partial charge in [0.15, 0.2) is 17.1 Å². The number of methoxy groups -OCH3 is 2. The number of hydrogen-bond donors (Lipinski definition) is 2. The van der Waals surface area contributed by atoms with E-state index < -0.39 is 0 Å². The Labute approximate surface area is 156 Å². The normalized spacial score (nSPS) is 11.3. The number of phenols is 1. The number of phenolic OH excluding ortho intramolecular Hbond substituents is 1. The van der Waals surface area contributed by atoms with Crippen LogP contribution in [-0.2, 0) is 0 Å². The maximum absolute atomic E-state index is 10.0. The van der Waals surface area contributed by atoms with Gasteiger partial charge in [-0.15, -0.1) is 0 Å². The summed E-state index contributed by atoms with van der Waals surface area (Å²) in [5.41, 5.74) is 5.07. The molecule has 4 rings (SSSR count). The number of pyridine rings is 1. The summed E-state index contributed by atoms with van der Waals surface area (Å²) in [6.45, 7) is 5.81. The van der Waals surface area contributed by atoms with E-state index in [4.69, 9.17) is 14.5 Å². The van der Waals surface area contributed by atoms with Gasteiger partial charge < -0.3 is 14.6 Å². The van der Waals surface area contributed by atoms with Gasteiger partial charge in [-0.1, -0.05) is 0 Å². The molecule has 0 fully saturated rings. The number of aromatic amines is 1. The van der Waals surface area contributed by atoms with E-state index in [-0.39, 0.29) is 5.75 Å². The molecule has 0 atom stereocenters. The lowest BCUT2D eigenvalue weighted by Crippen LogP contribution is -1.96. The Morgan fingerprint density at radius 3 is 2.22 bits per heavy atom. The van der Waals surface area contributed by atoms with Crippen LogP contribution in [0.15, 0.2) is 24.3 Å². The fourth-order valence-corrected chi connectivity index (χ4v) is 3.53. The number of hydrogen-bond acceptors (Lipinski definition) is 5. The van der Waals surface area contributed by atoms with Crippen molar-refractivity contribution in [2.24, 2.45) is 0 Å². The van der Waals surface area contributed by atoms with Crippen molar-refractivity contribution in [3.63, 3.8) is 0 Å². The number of fused-ring (bicyclic) bond motifs is 3. The number of rotatable bonds is 3. The second-order valence-electron chi connectivity index (χ2n) is 6.71. The second-order valence-corrected chi connectivity index (χ2v) is 6.71. The van der Waals surface area contributed by atoms with Crippen LogP contribution in [0.3, 0.4) is 0 Å². The average molecular weight is 363 g/mol. The molecule has 138 valence electrons. The lowest BCUT2D eigenvalue weighted by atomic mass is 9.96. The van der Waals surface area contributed by atoms with Gasteiger partial charge in [-0.3, -0.25) is 5.10 Å². The lowest BCUT2D eigenvalue weighted by Gasteiger charge is -2.15. The standard InChI is InChI=1S/C21H21N3O3/c1-10-7-16(25)11(2)6-13(10)20-15-9-18(27-5)17(26-4)8-14(15)19-12(3)23-24-21(19)22-20/h6-9,25H,1-5H3,(H,22,23,24). The summed E-state index contributed by atoms with van der Waals surface area (Å²) in [5, 5.41) is 20.3. The van der Waals surface area contributed by atoms with Crippen molar-refractivity contribution in [3.05, 3.63) is 41.1 Å². The predicted octanol–water partition coefficient (Wildman–Crippen LogP) is 4.43. The largest absolute Gasteiger partial charge is 0.508 e.